The third-order valence-electron chi connectivity index (χ3n) is 2.22. The Morgan fingerprint density at radius 3 is 2.81 bits per heavy atom. The van der Waals surface area contributed by atoms with Crippen molar-refractivity contribution in [2.75, 3.05) is 6.61 Å². The first-order chi connectivity index (χ1) is 7.60. The molecule has 0 amide bonds. The monoisotopic (exact) mass is 221 g/mol. The second-order valence-electron chi connectivity index (χ2n) is 3.32. The molecule has 0 aliphatic heterocycles. The van der Waals surface area contributed by atoms with E-state index >= 15 is 0 Å². The summed E-state index contributed by atoms with van der Waals surface area (Å²) in [6.07, 6.45) is -0.138. The van der Waals surface area contributed by atoms with E-state index in [0.29, 0.717) is 5.56 Å². The van der Waals surface area contributed by atoms with Gasteiger partial charge in [0.15, 0.2) is 0 Å². The summed E-state index contributed by atoms with van der Waals surface area (Å²) in [6, 6.07) is 4.76. The lowest BCUT2D eigenvalue weighted by Crippen LogP contribution is -2.10. The maximum absolute atomic E-state index is 13.7. The van der Waals surface area contributed by atoms with Crippen molar-refractivity contribution in [1.29, 1.82) is 5.26 Å². The molecule has 0 heterocycles. The minimum atomic E-state index is -0.629. The van der Waals surface area contributed by atoms with Crippen molar-refractivity contribution in [3.05, 3.63) is 34.6 Å². The highest BCUT2D eigenvalue weighted by molar-refractivity contribution is 5.73. The van der Waals surface area contributed by atoms with Gasteiger partial charge in [-0.25, -0.2) is 4.39 Å². The van der Waals surface area contributed by atoms with Crippen molar-refractivity contribution in [1.82, 2.24) is 0 Å². The molecule has 0 aromatic heterocycles. The molecule has 0 radical (unpaired) electrons. The summed E-state index contributed by atoms with van der Waals surface area (Å²) < 4.78 is 18.4. The SMILES string of the molecule is CCOC(=O)Cc1c(C)ccc(C#N)c1F. The average molecular weight is 221 g/mol. The highest BCUT2D eigenvalue weighted by atomic mass is 19.1. The van der Waals surface area contributed by atoms with E-state index in [2.05, 4.69) is 0 Å². The van der Waals surface area contributed by atoms with Crippen molar-refractivity contribution in [3.8, 4) is 6.07 Å². The number of esters is 1. The molecular weight excluding hydrogens is 209 g/mol. The summed E-state index contributed by atoms with van der Waals surface area (Å²) in [5.74, 6) is -1.12. The van der Waals surface area contributed by atoms with Gasteiger partial charge in [0.1, 0.15) is 11.9 Å². The molecule has 1 aromatic rings. The van der Waals surface area contributed by atoms with Crippen LogP contribution in [0.4, 0.5) is 4.39 Å². The van der Waals surface area contributed by atoms with Gasteiger partial charge in [-0.2, -0.15) is 5.26 Å². The van der Waals surface area contributed by atoms with Gasteiger partial charge in [0.05, 0.1) is 18.6 Å². The number of carbonyl (C=O) groups is 1. The van der Waals surface area contributed by atoms with Gasteiger partial charge in [0.25, 0.3) is 0 Å². The summed E-state index contributed by atoms with van der Waals surface area (Å²) in [4.78, 5) is 11.2. The number of ether oxygens (including phenoxy) is 1. The number of nitriles is 1. The van der Waals surface area contributed by atoms with E-state index in [9.17, 15) is 9.18 Å². The van der Waals surface area contributed by atoms with Gasteiger partial charge in [-0.15, -0.1) is 0 Å². The molecule has 0 spiro atoms. The molecule has 4 heteroatoms. The van der Waals surface area contributed by atoms with Gasteiger partial charge in [-0.1, -0.05) is 6.07 Å². The molecule has 16 heavy (non-hydrogen) atoms. The highest BCUT2D eigenvalue weighted by Crippen LogP contribution is 2.17. The van der Waals surface area contributed by atoms with Crippen LogP contribution < -0.4 is 0 Å². The van der Waals surface area contributed by atoms with Gasteiger partial charge in [0.2, 0.25) is 0 Å². The van der Waals surface area contributed by atoms with E-state index in [1.807, 2.05) is 0 Å². The smallest absolute Gasteiger partial charge is 0.310 e. The minimum Gasteiger partial charge on any atom is -0.466 e. The van der Waals surface area contributed by atoms with Crippen molar-refractivity contribution in [2.45, 2.75) is 20.3 Å². The highest BCUT2D eigenvalue weighted by Gasteiger charge is 2.14. The van der Waals surface area contributed by atoms with Gasteiger partial charge < -0.3 is 4.74 Å². The average Bonchev–Trinajstić information content (AvgIpc) is 2.25. The second kappa shape index (κ2) is 5.26. The fourth-order valence-corrected chi connectivity index (χ4v) is 1.38. The molecular formula is C12H12FNO2. The fraction of sp³-hybridized carbons (Fsp3) is 0.333. The zero-order valence-corrected chi connectivity index (χ0v) is 9.21. The van der Waals surface area contributed by atoms with Crippen molar-refractivity contribution < 1.29 is 13.9 Å². The summed E-state index contributed by atoms with van der Waals surface area (Å²) >= 11 is 0. The lowest BCUT2D eigenvalue weighted by molar-refractivity contribution is -0.142. The molecule has 0 saturated heterocycles. The Balaban J connectivity index is 3.04. The van der Waals surface area contributed by atoms with E-state index in [-0.39, 0.29) is 24.2 Å². The maximum Gasteiger partial charge on any atom is 0.310 e. The van der Waals surface area contributed by atoms with E-state index in [4.69, 9.17) is 10.00 Å². The molecule has 1 aromatic carbocycles. The lowest BCUT2D eigenvalue weighted by Gasteiger charge is -2.07. The molecule has 0 N–H and O–H groups in total. The zero-order chi connectivity index (χ0) is 12.1. The molecule has 0 saturated carbocycles. The summed E-state index contributed by atoms with van der Waals surface area (Å²) in [6.45, 7) is 3.64. The van der Waals surface area contributed by atoms with Gasteiger partial charge >= 0.3 is 5.97 Å². The van der Waals surface area contributed by atoms with Crippen LogP contribution in [0.1, 0.15) is 23.6 Å². The summed E-state index contributed by atoms with van der Waals surface area (Å²) in [5, 5.41) is 8.67. The molecule has 0 atom stereocenters. The minimum absolute atomic E-state index is 0.0510. The number of halogens is 1. The predicted octanol–water partition coefficient (Wildman–Crippen LogP) is 2.11. The standard InChI is InChI=1S/C12H12FNO2/c1-3-16-11(15)6-10-8(2)4-5-9(7-14)12(10)13/h4-5H,3,6H2,1-2H3. The van der Waals surface area contributed by atoms with Gasteiger partial charge in [-0.3, -0.25) is 4.79 Å². The third kappa shape index (κ3) is 2.57. The fourth-order valence-electron chi connectivity index (χ4n) is 1.38. The number of benzene rings is 1. The van der Waals surface area contributed by atoms with Crippen LogP contribution in [0.2, 0.25) is 0 Å². The predicted molar refractivity (Wildman–Crippen MR) is 56.2 cm³/mol. The first-order valence-corrected chi connectivity index (χ1v) is 4.93. The van der Waals surface area contributed by atoms with Crippen LogP contribution in [0.5, 0.6) is 0 Å². The number of rotatable bonds is 3. The maximum atomic E-state index is 13.7. The second-order valence-corrected chi connectivity index (χ2v) is 3.32. The van der Waals surface area contributed by atoms with Crippen LogP contribution in [0.15, 0.2) is 12.1 Å². The molecule has 1 rings (SSSR count). The molecule has 3 nitrogen and oxygen atoms in total. The Morgan fingerprint density at radius 1 is 1.56 bits per heavy atom. The summed E-state index contributed by atoms with van der Waals surface area (Å²) in [5.41, 5.74) is 0.826. The third-order valence-corrected chi connectivity index (χ3v) is 2.22. The van der Waals surface area contributed by atoms with E-state index < -0.39 is 11.8 Å². The van der Waals surface area contributed by atoms with Crippen LogP contribution in [-0.4, -0.2) is 12.6 Å². The number of aryl methyl sites for hydroxylation is 1. The Labute approximate surface area is 93.5 Å². The van der Waals surface area contributed by atoms with Gasteiger partial charge in [0, 0.05) is 5.56 Å². The first kappa shape index (κ1) is 12.2. The Bertz CT molecular complexity index is 449. The van der Waals surface area contributed by atoms with Crippen molar-refractivity contribution >= 4 is 5.97 Å². The molecule has 0 unspecified atom stereocenters. The number of carbonyl (C=O) groups excluding carboxylic acids is 1. The number of hydrogen-bond acceptors (Lipinski definition) is 3. The van der Waals surface area contributed by atoms with Crippen LogP contribution in [0, 0.1) is 24.1 Å². The molecule has 0 fully saturated rings. The number of hydrogen-bond donors (Lipinski definition) is 0. The largest absolute Gasteiger partial charge is 0.466 e. The topological polar surface area (TPSA) is 50.1 Å². The van der Waals surface area contributed by atoms with Crippen LogP contribution >= 0.6 is 0 Å². The Morgan fingerprint density at radius 2 is 2.25 bits per heavy atom. The van der Waals surface area contributed by atoms with Crippen molar-refractivity contribution in [3.63, 3.8) is 0 Å². The van der Waals surface area contributed by atoms with E-state index in [1.165, 1.54) is 6.07 Å². The van der Waals surface area contributed by atoms with E-state index in [1.54, 1.807) is 26.0 Å². The lowest BCUT2D eigenvalue weighted by atomic mass is 10.0. The Hall–Kier alpha value is -1.89. The van der Waals surface area contributed by atoms with Gasteiger partial charge in [-0.05, 0) is 25.5 Å². The Kier molecular flexibility index (Phi) is 4.01. The molecule has 0 aliphatic rings. The first-order valence-electron chi connectivity index (χ1n) is 4.93. The molecule has 0 aliphatic carbocycles. The molecule has 84 valence electrons. The quantitative estimate of drug-likeness (QED) is 0.734. The van der Waals surface area contributed by atoms with Crippen molar-refractivity contribution in [2.24, 2.45) is 0 Å². The number of nitrogens with zero attached hydrogens (tertiary/aromatic N) is 1. The van der Waals surface area contributed by atoms with Crippen LogP contribution in [0.25, 0.3) is 0 Å². The normalized spacial score (nSPS) is 9.62. The van der Waals surface area contributed by atoms with Crippen LogP contribution in [0.3, 0.4) is 0 Å². The molecule has 0 bridgehead atoms. The van der Waals surface area contributed by atoms with Crippen LogP contribution in [-0.2, 0) is 16.0 Å². The summed E-state index contributed by atoms with van der Waals surface area (Å²) in [7, 11) is 0. The van der Waals surface area contributed by atoms with E-state index in [0.717, 1.165) is 0 Å². The zero-order valence-electron chi connectivity index (χ0n) is 9.21.